The van der Waals surface area contributed by atoms with Crippen molar-refractivity contribution in [2.45, 2.75) is 33.4 Å². The van der Waals surface area contributed by atoms with E-state index in [1.807, 2.05) is 45.3 Å². The van der Waals surface area contributed by atoms with Crippen molar-refractivity contribution in [3.8, 4) is 11.4 Å². The summed E-state index contributed by atoms with van der Waals surface area (Å²) in [4.78, 5) is 8.03. The zero-order chi connectivity index (χ0) is 21.1. The number of fused-ring (bicyclic) bond motifs is 1. The van der Waals surface area contributed by atoms with Crippen molar-refractivity contribution in [2.24, 2.45) is 5.92 Å². The number of ether oxygens (including phenoxy) is 2. The lowest BCUT2D eigenvalue weighted by molar-refractivity contribution is 0.0173. The summed E-state index contributed by atoms with van der Waals surface area (Å²) in [6.07, 6.45) is 5.97. The number of allylic oxidation sites excluding steroid dienone is 2. The molecule has 2 N–H and O–H groups in total. The van der Waals surface area contributed by atoms with Crippen LogP contribution in [0.15, 0.2) is 46.8 Å². The topological polar surface area (TPSA) is 85.2 Å². The summed E-state index contributed by atoms with van der Waals surface area (Å²) in [5.74, 6) is 1.98. The first-order valence-electron chi connectivity index (χ1n) is 10.4. The number of hydrogen-bond donors (Lipinski definition) is 2. The average molecular weight is 409 g/mol. The fraction of sp³-hybridized carbons (Fsp3) is 0.391. The van der Waals surface area contributed by atoms with Crippen LogP contribution >= 0.6 is 0 Å². The van der Waals surface area contributed by atoms with Gasteiger partial charge in [0, 0.05) is 47.3 Å². The SMILES string of the molecule is CCOC1=CC(c2nc(-c3cccc4[nH]cc(CNC)c34)no2)=CC(C)C1OCC. The molecule has 1 aliphatic rings. The molecule has 0 amide bonds. The lowest BCUT2D eigenvalue weighted by atomic mass is 9.93. The van der Waals surface area contributed by atoms with Gasteiger partial charge in [0.25, 0.3) is 5.89 Å². The van der Waals surface area contributed by atoms with Gasteiger partial charge in [-0.3, -0.25) is 0 Å². The second-order valence-electron chi connectivity index (χ2n) is 7.33. The number of rotatable bonds is 8. The minimum absolute atomic E-state index is 0.0983. The van der Waals surface area contributed by atoms with Gasteiger partial charge in [0.1, 0.15) is 11.9 Å². The van der Waals surface area contributed by atoms with E-state index in [9.17, 15) is 0 Å². The molecule has 2 unspecified atom stereocenters. The molecular weight excluding hydrogens is 380 g/mol. The summed E-state index contributed by atoms with van der Waals surface area (Å²) in [5.41, 5.74) is 4.02. The smallest absolute Gasteiger partial charge is 0.258 e. The van der Waals surface area contributed by atoms with E-state index in [1.165, 1.54) is 0 Å². The Morgan fingerprint density at radius 2 is 2.10 bits per heavy atom. The van der Waals surface area contributed by atoms with Crippen LogP contribution < -0.4 is 5.32 Å². The molecule has 0 aliphatic heterocycles. The van der Waals surface area contributed by atoms with Crippen LogP contribution in [0.25, 0.3) is 27.9 Å². The van der Waals surface area contributed by atoms with Gasteiger partial charge in [-0.1, -0.05) is 30.3 Å². The Balaban J connectivity index is 1.71. The van der Waals surface area contributed by atoms with Crippen molar-refractivity contribution in [1.82, 2.24) is 20.4 Å². The first-order valence-corrected chi connectivity index (χ1v) is 10.4. The minimum atomic E-state index is -0.0983. The van der Waals surface area contributed by atoms with Crippen LogP contribution in [0, 0.1) is 5.92 Å². The minimum Gasteiger partial charge on any atom is -0.495 e. The number of benzene rings is 1. The summed E-state index contributed by atoms with van der Waals surface area (Å²) in [6, 6.07) is 6.07. The molecule has 2 aromatic heterocycles. The van der Waals surface area contributed by atoms with Crippen LogP contribution in [0.1, 0.15) is 32.2 Å². The number of nitrogens with zero attached hydrogens (tertiary/aromatic N) is 2. The standard InChI is InChI=1S/C23H28N4O3/c1-5-28-19-11-15(10-14(3)21(19)29-6-2)23-26-22(27-30-23)17-8-7-9-18-20(17)16(12-24-4)13-25-18/h7-11,13-14,21,24-25H,5-6,12H2,1-4H3. The molecule has 2 atom stereocenters. The van der Waals surface area contributed by atoms with Crippen LogP contribution in [-0.2, 0) is 16.0 Å². The number of hydrogen-bond acceptors (Lipinski definition) is 6. The number of H-pyrrole nitrogens is 1. The molecule has 30 heavy (non-hydrogen) atoms. The highest BCUT2D eigenvalue weighted by molar-refractivity contribution is 5.96. The third kappa shape index (κ3) is 3.78. The molecule has 0 fully saturated rings. The molecule has 0 saturated carbocycles. The van der Waals surface area contributed by atoms with Gasteiger partial charge < -0.3 is 24.3 Å². The predicted octanol–water partition coefficient (Wildman–Crippen LogP) is 4.30. The maximum absolute atomic E-state index is 5.88. The van der Waals surface area contributed by atoms with Gasteiger partial charge in [0.2, 0.25) is 5.82 Å². The van der Waals surface area contributed by atoms with E-state index < -0.39 is 0 Å². The maximum atomic E-state index is 5.88. The molecule has 7 heteroatoms. The van der Waals surface area contributed by atoms with Gasteiger partial charge in [0.15, 0.2) is 0 Å². The van der Waals surface area contributed by atoms with E-state index in [1.54, 1.807) is 0 Å². The Morgan fingerprint density at radius 1 is 1.23 bits per heavy atom. The summed E-state index contributed by atoms with van der Waals surface area (Å²) in [6.45, 7) is 8.02. The molecule has 1 aliphatic carbocycles. The summed E-state index contributed by atoms with van der Waals surface area (Å²) < 4.78 is 17.4. The Bertz CT molecular complexity index is 1080. The first-order chi connectivity index (χ1) is 14.7. The quantitative estimate of drug-likeness (QED) is 0.578. The molecule has 0 saturated heterocycles. The van der Waals surface area contributed by atoms with Crippen molar-refractivity contribution in [1.29, 1.82) is 0 Å². The van der Waals surface area contributed by atoms with Crippen LogP contribution in [0.2, 0.25) is 0 Å². The van der Waals surface area contributed by atoms with E-state index in [2.05, 4.69) is 34.5 Å². The molecule has 0 bridgehead atoms. The van der Waals surface area contributed by atoms with Gasteiger partial charge in [-0.25, -0.2) is 0 Å². The van der Waals surface area contributed by atoms with E-state index in [0.29, 0.717) is 24.9 Å². The maximum Gasteiger partial charge on any atom is 0.258 e. The van der Waals surface area contributed by atoms with Gasteiger partial charge in [-0.05, 0) is 38.6 Å². The highest BCUT2D eigenvalue weighted by Crippen LogP contribution is 2.33. The summed E-state index contributed by atoms with van der Waals surface area (Å²) >= 11 is 0. The largest absolute Gasteiger partial charge is 0.495 e. The molecule has 0 radical (unpaired) electrons. The predicted molar refractivity (Wildman–Crippen MR) is 117 cm³/mol. The van der Waals surface area contributed by atoms with Gasteiger partial charge in [0.05, 0.1) is 6.61 Å². The van der Waals surface area contributed by atoms with E-state index in [0.717, 1.165) is 39.9 Å². The molecule has 0 spiro atoms. The second-order valence-corrected chi connectivity index (χ2v) is 7.33. The van der Waals surface area contributed by atoms with Crippen LogP contribution in [0.3, 0.4) is 0 Å². The van der Waals surface area contributed by atoms with Crippen molar-refractivity contribution in [3.05, 3.63) is 53.8 Å². The lowest BCUT2D eigenvalue weighted by Crippen LogP contribution is -2.27. The normalized spacial score (nSPS) is 19.1. The summed E-state index contributed by atoms with van der Waals surface area (Å²) in [7, 11) is 1.93. The molecule has 4 rings (SSSR count). The highest BCUT2D eigenvalue weighted by Gasteiger charge is 2.28. The Labute approximate surface area is 176 Å². The number of aromatic amines is 1. The first kappa shape index (κ1) is 20.4. The van der Waals surface area contributed by atoms with Gasteiger partial charge >= 0.3 is 0 Å². The molecule has 158 valence electrons. The average Bonchev–Trinajstić information content (AvgIpc) is 3.39. The molecule has 2 heterocycles. The fourth-order valence-electron chi connectivity index (χ4n) is 3.97. The lowest BCUT2D eigenvalue weighted by Gasteiger charge is -2.27. The van der Waals surface area contributed by atoms with E-state index >= 15 is 0 Å². The zero-order valence-electron chi connectivity index (χ0n) is 17.9. The zero-order valence-corrected chi connectivity index (χ0v) is 17.9. The van der Waals surface area contributed by atoms with Crippen molar-refractivity contribution in [3.63, 3.8) is 0 Å². The molecule has 7 nitrogen and oxygen atoms in total. The molecule has 1 aromatic carbocycles. The monoisotopic (exact) mass is 408 g/mol. The van der Waals surface area contributed by atoms with Crippen LogP contribution in [0.5, 0.6) is 0 Å². The third-order valence-corrected chi connectivity index (χ3v) is 5.22. The summed E-state index contributed by atoms with van der Waals surface area (Å²) in [5, 5.41) is 8.59. The third-order valence-electron chi connectivity index (χ3n) is 5.22. The van der Waals surface area contributed by atoms with E-state index in [-0.39, 0.29) is 12.0 Å². The van der Waals surface area contributed by atoms with Crippen LogP contribution in [-0.4, -0.2) is 41.5 Å². The van der Waals surface area contributed by atoms with Crippen molar-refractivity contribution < 1.29 is 14.0 Å². The second kappa shape index (κ2) is 8.85. The molecular formula is C23H28N4O3. The van der Waals surface area contributed by atoms with Crippen molar-refractivity contribution in [2.75, 3.05) is 20.3 Å². The Hall–Kier alpha value is -2.90. The highest BCUT2D eigenvalue weighted by atomic mass is 16.5. The number of nitrogens with one attached hydrogen (secondary N) is 2. The Kier molecular flexibility index (Phi) is 6.01. The van der Waals surface area contributed by atoms with Crippen molar-refractivity contribution >= 4 is 16.5 Å². The molecule has 3 aromatic rings. The van der Waals surface area contributed by atoms with Gasteiger partial charge in [-0.15, -0.1) is 0 Å². The fourth-order valence-corrected chi connectivity index (χ4v) is 3.97. The van der Waals surface area contributed by atoms with Crippen LogP contribution in [0.4, 0.5) is 0 Å². The Morgan fingerprint density at radius 3 is 2.87 bits per heavy atom. The number of aromatic nitrogens is 3. The van der Waals surface area contributed by atoms with E-state index in [4.69, 9.17) is 19.0 Å². The van der Waals surface area contributed by atoms with Gasteiger partial charge in [-0.2, -0.15) is 4.98 Å².